The van der Waals surface area contributed by atoms with Gasteiger partial charge in [-0.05, 0) is 82.9 Å². The fourth-order valence-electron chi connectivity index (χ4n) is 10.5. The molecule has 0 atom stereocenters. The maximum absolute atomic E-state index is 7.10. The van der Waals surface area contributed by atoms with E-state index in [0.717, 1.165) is 88.6 Å². The molecule has 0 aliphatic rings. The normalized spacial score (nSPS) is 11.8. The van der Waals surface area contributed by atoms with Crippen molar-refractivity contribution in [2.75, 3.05) is 0 Å². The van der Waals surface area contributed by atoms with Crippen molar-refractivity contribution in [1.82, 2.24) is 24.1 Å². The monoisotopic (exact) mass is 881 g/mol. The van der Waals surface area contributed by atoms with Crippen LogP contribution in [0.4, 0.5) is 0 Å². The first kappa shape index (κ1) is 38.8. The predicted molar refractivity (Wildman–Crippen MR) is 283 cm³/mol. The van der Waals surface area contributed by atoms with E-state index in [1.165, 1.54) is 21.7 Å². The van der Waals surface area contributed by atoms with Crippen molar-refractivity contribution in [1.29, 1.82) is 0 Å². The average molecular weight is 882 g/mol. The Morgan fingerprint density at radius 2 is 0.812 bits per heavy atom. The summed E-state index contributed by atoms with van der Waals surface area (Å²) in [6.45, 7) is 0. The molecule has 0 amide bonds. The third-order valence-corrected chi connectivity index (χ3v) is 13.6. The molecule has 0 spiro atoms. The zero-order chi connectivity index (χ0) is 45.4. The number of hydrogen-bond acceptors (Lipinski definition) is 4. The number of furan rings is 1. The third-order valence-electron chi connectivity index (χ3n) is 13.6. The Hall–Kier alpha value is -9.39. The highest BCUT2D eigenvalue weighted by Gasteiger charge is 2.24. The van der Waals surface area contributed by atoms with Crippen LogP contribution in [0.25, 0.3) is 133 Å². The molecule has 0 aliphatic carbocycles. The second kappa shape index (κ2) is 15.6. The fraction of sp³-hybridized carbons (Fsp3) is 0. The molecule has 322 valence electrons. The highest BCUT2D eigenvalue weighted by atomic mass is 16.3. The first-order valence-corrected chi connectivity index (χ1v) is 23.3. The minimum absolute atomic E-state index is 0.516. The quantitative estimate of drug-likeness (QED) is 0.160. The lowest BCUT2D eigenvalue weighted by atomic mass is 9.95. The highest BCUT2D eigenvalue weighted by molar-refractivity contribution is 6.17. The minimum Gasteiger partial charge on any atom is -0.455 e. The van der Waals surface area contributed by atoms with Crippen LogP contribution >= 0.6 is 0 Å². The molecule has 10 aromatic carbocycles. The van der Waals surface area contributed by atoms with E-state index in [1.54, 1.807) is 0 Å². The molecule has 6 heteroatoms. The van der Waals surface area contributed by atoms with E-state index in [4.69, 9.17) is 19.4 Å². The van der Waals surface area contributed by atoms with E-state index in [9.17, 15) is 0 Å². The number of rotatable bonds is 7. The summed E-state index contributed by atoms with van der Waals surface area (Å²) in [6.07, 6.45) is 0. The van der Waals surface area contributed by atoms with E-state index >= 15 is 0 Å². The third kappa shape index (κ3) is 6.30. The summed E-state index contributed by atoms with van der Waals surface area (Å²) in [4.78, 5) is 16.1. The molecule has 0 bridgehead atoms. The van der Waals surface area contributed by atoms with Crippen LogP contribution < -0.4 is 0 Å². The molecule has 4 heterocycles. The smallest absolute Gasteiger partial charge is 0.167 e. The van der Waals surface area contributed by atoms with E-state index in [-0.39, 0.29) is 0 Å². The van der Waals surface area contributed by atoms with Gasteiger partial charge in [0, 0.05) is 54.8 Å². The van der Waals surface area contributed by atoms with Gasteiger partial charge in [0.2, 0.25) is 0 Å². The van der Waals surface area contributed by atoms with Gasteiger partial charge in [-0.2, -0.15) is 0 Å². The molecule has 0 aliphatic heterocycles. The zero-order valence-electron chi connectivity index (χ0n) is 37.2. The van der Waals surface area contributed by atoms with E-state index in [2.05, 4.69) is 228 Å². The molecule has 6 nitrogen and oxygen atoms in total. The van der Waals surface area contributed by atoms with Crippen molar-refractivity contribution in [2.24, 2.45) is 0 Å². The van der Waals surface area contributed by atoms with Gasteiger partial charge >= 0.3 is 0 Å². The van der Waals surface area contributed by atoms with Gasteiger partial charge in [-0.3, -0.25) is 0 Å². The average Bonchev–Trinajstić information content (AvgIpc) is 4.09. The molecule has 0 radical (unpaired) electrons. The van der Waals surface area contributed by atoms with E-state index in [1.807, 2.05) is 18.2 Å². The van der Waals surface area contributed by atoms with Crippen LogP contribution in [0.1, 0.15) is 0 Å². The Kier molecular flexibility index (Phi) is 8.79. The van der Waals surface area contributed by atoms with Gasteiger partial charge in [-0.25, -0.2) is 15.0 Å². The fourth-order valence-corrected chi connectivity index (χ4v) is 10.5. The lowest BCUT2D eigenvalue weighted by molar-refractivity contribution is 0.669. The van der Waals surface area contributed by atoms with Crippen molar-refractivity contribution in [3.8, 4) is 67.8 Å². The summed E-state index contributed by atoms with van der Waals surface area (Å²) in [6, 6.07) is 83.3. The van der Waals surface area contributed by atoms with Crippen LogP contribution in [-0.2, 0) is 0 Å². The maximum atomic E-state index is 7.10. The van der Waals surface area contributed by atoms with Crippen LogP contribution in [0.15, 0.2) is 241 Å². The summed E-state index contributed by atoms with van der Waals surface area (Å²) in [5.74, 6) is 1.65. The lowest BCUT2D eigenvalue weighted by Crippen LogP contribution is -2.02. The first-order valence-electron chi connectivity index (χ1n) is 23.3. The molecule has 0 fully saturated rings. The van der Waals surface area contributed by atoms with Gasteiger partial charge in [0.15, 0.2) is 17.5 Å². The van der Waals surface area contributed by atoms with Crippen molar-refractivity contribution in [3.05, 3.63) is 237 Å². The standard InChI is InChI=1S/C63H39N5O/c1-4-18-40(19-5-1)42-22-16-23-43(36-42)47-29-17-33-58-59(47)52-38-46(68-55-31-14-10-26-48(55)49-27-11-15-32-56(49)68)39-53(60(52)69-58)63-65-61(41-20-6-2-7-21-41)64-62(66-63)44-34-35-51-50-28-12-13-30-54(50)67(57(51)37-44)45-24-8-3-9-25-45/h1-39H. The molecule has 4 aromatic heterocycles. The van der Waals surface area contributed by atoms with Crippen molar-refractivity contribution in [3.63, 3.8) is 0 Å². The molecule has 14 rings (SSSR count). The Balaban J connectivity index is 1.06. The lowest BCUT2D eigenvalue weighted by Gasteiger charge is -2.13. The molecule has 0 N–H and O–H groups in total. The van der Waals surface area contributed by atoms with Gasteiger partial charge in [-0.1, -0.05) is 176 Å². The van der Waals surface area contributed by atoms with Gasteiger partial charge in [0.25, 0.3) is 0 Å². The van der Waals surface area contributed by atoms with Crippen LogP contribution in [0.3, 0.4) is 0 Å². The molecule has 69 heavy (non-hydrogen) atoms. The number of para-hydroxylation sites is 4. The Labute approximate surface area is 396 Å². The van der Waals surface area contributed by atoms with Crippen molar-refractivity contribution < 1.29 is 4.42 Å². The van der Waals surface area contributed by atoms with Crippen LogP contribution in [0, 0.1) is 0 Å². The molecular formula is C63H39N5O. The van der Waals surface area contributed by atoms with Crippen LogP contribution in [-0.4, -0.2) is 24.1 Å². The Bertz CT molecular complexity index is 4250. The maximum Gasteiger partial charge on any atom is 0.167 e. The topological polar surface area (TPSA) is 61.7 Å². The van der Waals surface area contributed by atoms with Crippen molar-refractivity contribution >= 4 is 65.6 Å². The molecule has 0 saturated heterocycles. The van der Waals surface area contributed by atoms with Crippen molar-refractivity contribution in [2.45, 2.75) is 0 Å². The number of benzene rings is 10. The van der Waals surface area contributed by atoms with Crippen LogP contribution in [0.5, 0.6) is 0 Å². The van der Waals surface area contributed by atoms with Gasteiger partial charge in [-0.15, -0.1) is 0 Å². The molecule has 14 aromatic rings. The van der Waals surface area contributed by atoms with Gasteiger partial charge in [0.1, 0.15) is 11.2 Å². The summed E-state index contributed by atoms with van der Waals surface area (Å²) in [7, 11) is 0. The number of aromatic nitrogens is 5. The highest BCUT2D eigenvalue weighted by Crippen LogP contribution is 2.44. The summed E-state index contributed by atoms with van der Waals surface area (Å²) < 4.78 is 11.8. The predicted octanol–water partition coefficient (Wildman–Crippen LogP) is 16.3. The van der Waals surface area contributed by atoms with Gasteiger partial charge in [0.05, 0.1) is 27.6 Å². The van der Waals surface area contributed by atoms with E-state index < -0.39 is 0 Å². The summed E-state index contributed by atoms with van der Waals surface area (Å²) >= 11 is 0. The molecule has 0 saturated carbocycles. The summed E-state index contributed by atoms with van der Waals surface area (Å²) in [5, 5.41) is 6.70. The number of fused-ring (bicyclic) bond motifs is 9. The minimum atomic E-state index is 0.516. The molecular weight excluding hydrogens is 843 g/mol. The van der Waals surface area contributed by atoms with E-state index in [0.29, 0.717) is 23.1 Å². The summed E-state index contributed by atoms with van der Waals surface area (Å²) in [5.41, 5.74) is 15.0. The first-order chi connectivity index (χ1) is 34.2. The number of hydrogen-bond donors (Lipinski definition) is 0. The second-order valence-corrected chi connectivity index (χ2v) is 17.6. The zero-order valence-corrected chi connectivity index (χ0v) is 37.2. The van der Waals surface area contributed by atoms with Crippen LogP contribution in [0.2, 0.25) is 0 Å². The Morgan fingerprint density at radius 1 is 0.290 bits per heavy atom. The second-order valence-electron chi connectivity index (χ2n) is 17.6. The van der Waals surface area contributed by atoms with Gasteiger partial charge < -0.3 is 13.6 Å². The largest absolute Gasteiger partial charge is 0.455 e. The number of nitrogens with zero attached hydrogens (tertiary/aromatic N) is 5. The Morgan fingerprint density at radius 3 is 1.49 bits per heavy atom. The SMILES string of the molecule is c1ccc(-c2cccc(-c3cccc4oc5c(-c6nc(-c7ccccc7)nc(-c7ccc8c9ccccc9n(-c9ccccc9)c8c7)n6)cc(-n6c7ccccc7c7ccccc76)cc5c34)c2)cc1. The molecule has 0 unspecified atom stereocenters.